The molecule has 170 valence electrons. The van der Waals surface area contributed by atoms with Crippen LogP contribution in [-0.2, 0) is 4.79 Å². The van der Waals surface area contributed by atoms with Crippen LogP contribution in [0.2, 0.25) is 0 Å². The molecule has 1 N–H and O–H groups in total. The smallest absolute Gasteiger partial charge is 0.251 e. The summed E-state index contributed by atoms with van der Waals surface area (Å²) in [7, 11) is 4.24. The molecule has 3 aliphatic rings. The zero-order valence-corrected chi connectivity index (χ0v) is 19.1. The zero-order valence-electron chi connectivity index (χ0n) is 19.1. The number of rotatable bonds is 7. The maximum atomic E-state index is 12.7. The summed E-state index contributed by atoms with van der Waals surface area (Å²) >= 11 is 0. The Labute approximate surface area is 186 Å². The molecule has 1 aliphatic heterocycles. The number of hydrogen-bond donors (Lipinski definition) is 1. The van der Waals surface area contributed by atoms with E-state index in [1.54, 1.807) is 0 Å². The van der Waals surface area contributed by atoms with Crippen LogP contribution >= 0.6 is 0 Å². The molecule has 2 aliphatic carbocycles. The molecule has 2 amide bonds. The van der Waals surface area contributed by atoms with Gasteiger partial charge in [0, 0.05) is 49.5 Å². The number of likely N-dealkylation sites (tertiary alicyclic amines) is 1. The highest BCUT2D eigenvalue weighted by molar-refractivity contribution is 5.94. The number of carbonyl (C=O) groups is 2. The Morgan fingerprint density at radius 1 is 1.03 bits per heavy atom. The van der Waals surface area contributed by atoms with E-state index in [-0.39, 0.29) is 17.6 Å². The van der Waals surface area contributed by atoms with Crippen LogP contribution in [0, 0.1) is 5.92 Å². The molecule has 6 nitrogen and oxygen atoms in total. The zero-order chi connectivity index (χ0) is 21.8. The third-order valence-corrected chi connectivity index (χ3v) is 7.41. The Morgan fingerprint density at radius 2 is 1.68 bits per heavy atom. The van der Waals surface area contributed by atoms with Gasteiger partial charge in [0.25, 0.3) is 5.91 Å². The first-order valence-electron chi connectivity index (χ1n) is 12.0. The van der Waals surface area contributed by atoms with Gasteiger partial charge in [0.1, 0.15) is 11.9 Å². The van der Waals surface area contributed by atoms with E-state index in [1.807, 2.05) is 29.2 Å². The van der Waals surface area contributed by atoms with Crippen molar-refractivity contribution >= 4 is 11.8 Å². The quantitative estimate of drug-likeness (QED) is 0.724. The molecule has 1 aromatic rings. The second-order valence-electron chi connectivity index (χ2n) is 9.80. The van der Waals surface area contributed by atoms with Gasteiger partial charge in [-0.25, -0.2) is 0 Å². The van der Waals surface area contributed by atoms with E-state index in [0.717, 1.165) is 57.4 Å². The van der Waals surface area contributed by atoms with Crippen LogP contribution in [0.1, 0.15) is 68.1 Å². The van der Waals surface area contributed by atoms with Crippen molar-refractivity contribution in [2.45, 2.75) is 69.4 Å². The summed E-state index contributed by atoms with van der Waals surface area (Å²) in [6.07, 6.45) is 10.0. The number of nitrogens with one attached hydrogen (secondary N) is 1. The van der Waals surface area contributed by atoms with E-state index < -0.39 is 0 Å². The van der Waals surface area contributed by atoms with Gasteiger partial charge >= 0.3 is 0 Å². The Bertz CT molecular complexity index is 759. The summed E-state index contributed by atoms with van der Waals surface area (Å²) in [6, 6.07) is 7.47. The number of piperidine rings is 1. The van der Waals surface area contributed by atoms with E-state index in [0.29, 0.717) is 23.9 Å². The lowest BCUT2D eigenvalue weighted by molar-refractivity contribution is -0.134. The van der Waals surface area contributed by atoms with E-state index in [9.17, 15) is 9.59 Å². The van der Waals surface area contributed by atoms with Gasteiger partial charge in [-0.3, -0.25) is 9.59 Å². The first-order valence-corrected chi connectivity index (χ1v) is 12.0. The maximum absolute atomic E-state index is 12.7. The van der Waals surface area contributed by atoms with Crippen LogP contribution in [0.4, 0.5) is 0 Å². The van der Waals surface area contributed by atoms with E-state index in [2.05, 4.69) is 24.3 Å². The second-order valence-corrected chi connectivity index (χ2v) is 9.80. The van der Waals surface area contributed by atoms with Crippen molar-refractivity contribution in [1.82, 2.24) is 15.1 Å². The Kier molecular flexibility index (Phi) is 6.85. The molecular formula is C25H37N3O3. The SMILES string of the molecule is CN(C)C1(CNC(=O)c2ccc(OC3CCN(C(=O)C4CC4)CC3)cc2)CCCCC1. The van der Waals surface area contributed by atoms with Crippen molar-refractivity contribution in [1.29, 1.82) is 0 Å². The van der Waals surface area contributed by atoms with Gasteiger partial charge in [-0.15, -0.1) is 0 Å². The van der Waals surface area contributed by atoms with Crippen molar-refractivity contribution in [2.75, 3.05) is 33.7 Å². The molecule has 0 atom stereocenters. The van der Waals surface area contributed by atoms with Crippen molar-refractivity contribution in [2.24, 2.45) is 5.92 Å². The van der Waals surface area contributed by atoms with Crippen LogP contribution < -0.4 is 10.1 Å². The third-order valence-electron chi connectivity index (χ3n) is 7.41. The van der Waals surface area contributed by atoms with Gasteiger partial charge in [0.15, 0.2) is 0 Å². The van der Waals surface area contributed by atoms with Crippen LogP contribution in [0.25, 0.3) is 0 Å². The normalized spacial score (nSPS) is 21.7. The van der Waals surface area contributed by atoms with Crippen molar-refractivity contribution < 1.29 is 14.3 Å². The van der Waals surface area contributed by atoms with Gasteiger partial charge < -0.3 is 19.9 Å². The van der Waals surface area contributed by atoms with E-state index in [1.165, 1.54) is 19.3 Å². The maximum Gasteiger partial charge on any atom is 0.251 e. The third kappa shape index (κ3) is 5.40. The second kappa shape index (κ2) is 9.60. The molecular weight excluding hydrogens is 390 g/mol. The molecule has 1 saturated heterocycles. The summed E-state index contributed by atoms with van der Waals surface area (Å²) < 4.78 is 6.12. The van der Waals surface area contributed by atoms with Crippen molar-refractivity contribution in [3.05, 3.63) is 29.8 Å². The highest BCUT2D eigenvalue weighted by atomic mass is 16.5. The fraction of sp³-hybridized carbons (Fsp3) is 0.680. The fourth-order valence-corrected chi connectivity index (χ4v) is 5.00. The van der Waals surface area contributed by atoms with Crippen LogP contribution in [0.5, 0.6) is 5.75 Å². The predicted molar refractivity (Wildman–Crippen MR) is 121 cm³/mol. The lowest BCUT2D eigenvalue weighted by Crippen LogP contribution is -2.53. The summed E-state index contributed by atoms with van der Waals surface area (Å²) in [5.41, 5.74) is 0.745. The summed E-state index contributed by atoms with van der Waals surface area (Å²) in [4.78, 5) is 29.2. The highest BCUT2D eigenvalue weighted by Gasteiger charge is 2.36. The lowest BCUT2D eigenvalue weighted by atomic mass is 9.80. The van der Waals surface area contributed by atoms with Gasteiger partial charge in [-0.05, 0) is 64.0 Å². The van der Waals surface area contributed by atoms with Gasteiger partial charge in [0.05, 0.1) is 0 Å². The molecule has 0 aromatic heterocycles. The number of benzene rings is 1. The minimum absolute atomic E-state index is 0.0229. The highest BCUT2D eigenvalue weighted by Crippen LogP contribution is 2.33. The minimum Gasteiger partial charge on any atom is -0.490 e. The van der Waals surface area contributed by atoms with Crippen molar-refractivity contribution in [3.63, 3.8) is 0 Å². The predicted octanol–water partition coefficient (Wildman–Crippen LogP) is 3.46. The molecule has 3 fully saturated rings. The topological polar surface area (TPSA) is 61.9 Å². The number of ether oxygens (including phenoxy) is 1. The van der Waals surface area contributed by atoms with Gasteiger partial charge in [0.2, 0.25) is 5.91 Å². The number of nitrogens with zero attached hydrogens (tertiary/aromatic N) is 2. The molecule has 0 radical (unpaired) electrons. The first kappa shape index (κ1) is 22.1. The number of likely N-dealkylation sites (N-methyl/N-ethyl adjacent to an activating group) is 1. The van der Waals surface area contributed by atoms with E-state index in [4.69, 9.17) is 4.74 Å². The van der Waals surface area contributed by atoms with Gasteiger partial charge in [-0.2, -0.15) is 0 Å². The Balaban J connectivity index is 1.25. The molecule has 0 bridgehead atoms. The molecule has 4 rings (SSSR count). The number of amides is 2. The summed E-state index contributed by atoms with van der Waals surface area (Å²) in [5.74, 6) is 1.39. The minimum atomic E-state index is -0.0229. The number of hydrogen-bond acceptors (Lipinski definition) is 4. The molecule has 0 unspecified atom stereocenters. The first-order chi connectivity index (χ1) is 15.0. The van der Waals surface area contributed by atoms with Crippen molar-refractivity contribution in [3.8, 4) is 5.75 Å². The van der Waals surface area contributed by atoms with E-state index >= 15 is 0 Å². The molecule has 6 heteroatoms. The number of carbonyl (C=O) groups excluding carboxylic acids is 2. The van der Waals surface area contributed by atoms with Gasteiger partial charge in [-0.1, -0.05) is 19.3 Å². The summed E-state index contributed by atoms with van der Waals surface area (Å²) in [5, 5.41) is 3.16. The molecule has 1 aromatic carbocycles. The van der Waals surface area contributed by atoms with Crippen LogP contribution in [0.3, 0.4) is 0 Å². The molecule has 1 heterocycles. The average molecular weight is 428 g/mol. The molecule has 0 spiro atoms. The lowest BCUT2D eigenvalue weighted by Gasteiger charge is -2.43. The monoisotopic (exact) mass is 427 g/mol. The Morgan fingerprint density at radius 3 is 2.26 bits per heavy atom. The standard InChI is InChI=1S/C25H37N3O3/c1-27(2)25(14-4-3-5-15-25)18-26-23(29)19-8-10-21(11-9-19)31-22-12-16-28(17-13-22)24(30)20-6-7-20/h8-11,20,22H,3-7,12-18H2,1-2H3,(H,26,29). The van der Waals surface area contributed by atoms with Crippen LogP contribution in [-0.4, -0.2) is 67.0 Å². The average Bonchev–Trinajstić information content (AvgIpc) is 3.64. The molecule has 31 heavy (non-hydrogen) atoms. The molecule has 2 saturated carbocycles. The largest absolute Gasteiger partial charge is 0.490 e. The van der Waals surface area contributed by atoms with Crippen LogP contribution in [0.15, 0.2) is 24.3 Å². The Hall–Kier alpha value is -2.08. The summed E-state index contributed by atoms with van der Waals surface area (Å²) in [6.45, 7) is 2.26. The fourth-order valence-electron chi connectivity index (χ4n) is 5.00.